The number of hydrogen-bond donors (Lipinski definition) is 0. The lowest BCUT2D eigenvalue weighted by molar-refractivity contribution is 0.457. The molecule has 82 valence electrons. The van der Waals surface area contributed by atoms with Crippen LogP contribution in [0.25, 0.3) is 0 Å². The van der Waals surface area contributed by atoms with Crippen molar-refractivity contribution < 1.29 is 4.74 Å². The molecule has 0 aliphatic carbocycles. The van der Waals surface area contributed by atoms with Crippen LogP contribution in [0.15, 0.2) is 30.7 Å². The van der Waals surface area contributed by atoms with Gasteiger partial charge in [0.15, 0.2) is 0 Å². The smallest absolute Gasteiger partial charge is 0.235 e. The van der Waals surface area contributed by atoms with E-state index in [9.17, 15) is 0 Å². The Balaban J connectivity index is 2.30. The van der Waals surface area contributed by atoms with Gasteiger partial charge in [-0.05, 0) is 59.7 Å². The summed E-state index contributed by atoms with van der Waals surface area (Å²) in [4.78, 5) is 8.02. The van der Waals surface area contributed by atoms with Crippen LogP contribution in [0.5, 0.6) is 11.6 Å². The molecule has 4 heteroatoms. The number of nitrogens with zero attached hydrogens (tertiary/aromatic N) is 2. The van der Waals surface area contributed by atoms with Gasteiger partial charge in [0.05, 0.1) is 3.57 Å². The molecular weight excluding hydrogens is 315 g/mol. The van der Waals surface area contributed by atoms with Gasteiger partial charge < -0.3 is 4.74 Å². The van der Waals surface area contributed by atoms with Crippen LogP contribution in [0, 0.1) is 17.4 Å². The Morgan fingerprint density at radius 1 is 1.12 bits per heavy atom. The quantitative estimate of drug-likeness (QED) is 0.793. The summed E-state index contributed by atoms with van der Waals surface area (Å²) in [5, 5.41) is 0. The molecule has 0 unspecified atom stereocenters. The van der Waals surface area contributed by atoms with Gasteiger partial charge in [-0.1, -0.05) is 6.07 Å². The van der Waals surface area contributed by atoms with Crippen LogP contribution in [0.1, 0.15) is 11.1 Å². The van der Waals surface area contributed by atoms with Gasteiger partial charge in [0.25, 0.3) is 0 Å². The Bertz CT molecular complexity index is 494. The maximum Gasteiger partial charge on any atom is 0.235 e. The van der Waals surface area contributed by atoms with Gasteiger partial charge in [0, 0.05) is 6.20 Å². The normalized spacial score (nSPS) is 10.2. The summed E-state index contributed by atoms with van der Waals surface area (Å²) in [6, 6.07) is 6.09. The first-order valence-corrected chi connectivity index (χ1v) is 5.94. The zero-order valence-electron chi connectivity index (χ0n) is 9.07. The largest absolute Gasteiger partial charge is 0.438 e. The van der Waals surface area contributed by atoms with E-state index in [1.165, 1.54) is 17.5 Å². The van der Waals surface area contributed by atoms with Crippen molar-refractivity contribution >= 4 is 22.6 Å². The Labute approximate surface area is 108 Å². The second kappa shape index (κ2) is 4.78. The first kappa shape index (κ1) is 11.3. The van der Waals surface area contributed by atoms with Crippen LogP contribution in [0.2, 0.25) is 0 Å². The Hall–Kier alpha value is -1.17. The van der Waals surface area contributed by atoms with E-state index in [2.05, 4.69) is 38.6 Å². The minimum absolute atomic E-state index is 0.598. The highest BCUT2D eigenvalue weighted by molar-refractivity contribution is 14.1. The number of rotatable bonds is 2. The predicted molar refractivity (Wildman–Crippen MR) is 70.7 cm³/mol. The fourth-order valence-electron chi connectivity index (χ4n) is 1.48. The molecule has 0 spiro atoms. The van der Waals surface area contributed by atoms with Crippen molar-refractivity contribution in [3.63, 3.8) is 0 Å². The van der Waals surface area contributed by atoms with Crippen molar-refractivity contribution in [1.82, 2.24) is 9.97 Å². The van der Waals surface area contributed by atoms with Gasteiger partial charge >= 0.3 is 0 Å². The average Bonchev–Trinajstić information content (AvgIpc) is 2.20. The van der Waals surface area contributed by atoms with Crippen LogP contribution in [-0.2, 0) is 0 Å². The van der Waals surface area contributed by atoms with Crippen molar-refractivity contribution in [3.05, 3.63) is 45.4 Å². The van der Waals surface area contributed by atoms with E-state index in [1.807, 2.05) is 26.0 Å². The molecule has 3 nitrogen and oxygen atoms in total. The van der Waals surface area contributed by atoms with Crippen LogP contribution in [0.4, 0.5) is 0 Å². The second-order valence-corrected chi connectivity index (χ2v) is 4.76. The molecule has 2 aromatic rings. The third-order valence-electron chi connectivity index (χ3n) is 2.04. The van der Waals surface area contributed by atoms with Gasteiger partial charge in [0.2, 0.25) is 5.88 Å². The van der Waals surface area contributed by atoms with Crippen molar-refractivity contribution in [2.24, 2.45) is 0 Å². The molecule has 1 aromatic heterocycles. The molecule has 16 heavy (non-hydrogen) atoms. The van der Waals surface area contributed by atoms with E-state index in [1.54, 1.807) is 6.20 Å². The topological polar surface area (TPSA) is 35.0 Å². The van der Waals surface area contributed by atoms with Crippen LogP contribution in [0.3, 0.4) is 0 Å². The number of ether oxygens (including phenoxy) is 1. The third kappa shape index (κ3) is 2.69. The highest BCUT2D eigenvalue weighted by Gasteiger charge is 2.04. The van der Waals surface area contributed by atoms with Crippen molar-refractivity contribution in [3.8, 4) is 11.6 Å². The summed E-state index contributed by atoms with van der Waals surface area (Å²) in [6.45, 7) is 4.09. The van der Waals surface area contributed by atoms with Gasteiger partial charge in [-0.3, -0.25) is 0 Å². The molecule has 2 rings (SSSR count). The van der Waals surface area contributed by atoms with Gasteiger partial charge in [-0.15, -0.1) is 0 Å². The molecule has 0 bridgehead atoms. The van der Waals surface area contributed by atoms with Crippen LogP contribution >= 0.6 is 22.6 Å². The lowest BCUT2D eigenvalue weighted by atomic mass is 10.1. The molecule has 0 N–H and O–H groups in total. The molecule has 0 aliphatic heterocycles. The number of halogens is 1. The molecule has 0 aliphatic rings. The van der Waals surface area contributed by atoms with E-state index in [0.717, 1.165) is 9.32 Å². The van der Waals surface area contributed by atoms with E-state index in [4.69, 9.17) is 4.74 Å². The summed E-state index contributed by atoms with van der Waals surface area (Å²) in [5.74, 6) is 1.41. The summed E-state index contributed by atoms with van der Waals surface area (Å²) in [7, 11) is 0. The zero-order valence-corrected chi connectivity index (χ0v) is 11.2. The highest BCUT2D eigenvalue weighted by atomic mass is 127. The molecular formula is C12H11IN2O. The Morgan fingerprint density at radius 3 is 2.44 bits per heavy atom. The van der Waals surface area contributed by atoms with Crippen LogP contribution in [-0.4, -0.2) is 9.97 Å². The van der Waals surface area contributed by atoms with E-state index in [-0.39, 0.29) is 0 Å². The van der Waals surface area contributed by atoms with Crippen molar-refractivity contribution in [1.29, 1.82) is 0 Å². The fraction of sp³-hybridized carbons (Fsp3) is 0.167. The number of aromatic nitrogens is 2. The van der Waals surface area contributed by atoms with Gasteiger partial charge in [-0.2, -0.15) is 0 Å². The van der Waals surface area contributed by atoms with Crippen molar-refractivity contribution in [2.75, 3.05) is 0 Å². The maximum absolute atomic E-state index is 5.71. The molecule has 0 atom stereocenters. The van der Waals surface area contributed by atoms with Crippen LogP contribution < -0.4 is 4.74 Å². The van der Waals surface area contributed by atoms with Gasteiger partial charge in [-0.25, -0.2) is 9.97 Å². The van der Waals surface area contributed by atoms with E-state index >= 15 is 0 Å². The summed E-state index contributed by atoms with van der Waals surface area (Å²) < 4.78 is 6.61. The average molecular weight is 326 g/mol. The number of aryl methyl sites for hydroxylation is 2. The zero-order chi connectivity index (χ0) is 11.5. The number of hydrogen-bond acceptors (Lipinski definition) is 3. The van der Waals surface area contributed by atoms with Gasteiger partial charge in [0.1, 0.15) is 12.1 Å². The first-order chi connectivity index (χ1) is 7.65. The maximum atomic E-state index is 5.71. The second-order valence-electron chi connectivity index (χ2n) is 3.60. The molecule has 0 saturated heterocycles. The Kier molecular flexibility index (Phi) is 3.38. The lowest BCUT2D eigenvalue weighted by Gasteiger charge is -2.07. The summed E-state index contributed by atoms with van der Waals surface area (Å²) in [6.07, 6.45) is 3.21. The SMILES string of the molecule is Cc1cc(C)cc(Oc2ncncc2I)c1. The number of benzene rings is 1. The van der Waals surface area contributed by atoms with E-state index in [0.29, 0.717) is 5.88 Å². The minimum atomic E-state index is 0.598. The Morgan fingerprint density at radius 2 is 1.81 bits per heavy atom. The molecule has 0 saturated carbocycles. The highest BCUT2D eigenvalue weighted by Crippen LogP contribution is 2.25. The predicted octanol–water partition coefficient (Wildman–Crippen LogP) is 3.49. The summed E-state index contributed by atoms with van der Waals surface area (Å²) >= 11 is 2.15. The standard InChI is InChI=1S/C12H11IN2O/c1-8-3-9(2)5-10(4-8)16-12-11(13)6-14-7-15-12/h3-7H,1-2H3. The molecule has 0 amide bonds. The molecule has 0 fully saturated rings. The monoisotopic (exact) mass is 326 g/mol. The minimum Gasteiger partial charge on any atom is -0.438 e. The lowest BCUT2D eigenvalue weighted by Crippen LogP contribution is -1.92. The summed E-state index contributed by atoms with van der Waals surface area (Å²) in [5.41, 5.74) is 2.36. The van der Waals surface area contributed by atoms with Crippen molar-refractivity contribution in [2.45, 2.75) is 13.8 Å². The van der Waals surface area contributed by atoms with E-state index < -0.39 is 0 Å². The first-order valence-electron chi connectivity index (χ1n) is 4.87. The molecule has 0 radical (unpaired) electrons. The molecule has 1 aromatic carbocycles. The molecule has 1 heterocycles. The fourth-order valence-corrected chi connectivity index (χ4v) is 1.89. The third-order valence-corrected chi connectivity index (χ3v) is 2.78.